The minimum absolute atomic E-state index is 0.310. The van der Waals surface area contributed by atoms with Crippen LogP contribution in [0.25, 0.3) is 0 Å². The van der Waals surface area contributed by atoms with Crippen LogP contribution in [0.4, 0.5) is 0 Å². The van der Waals surface area contributed by atoms with E-state index in [0.717, 1.165) is 0 Å². The summed E-state index contributed by atoms with van der Waals surface area (Å²) in [7, 11) is 4.46. The van der Waals surface area contributed by atoms with E-state index in [-0.39, 0.29) is 0 Å². The third kappa shape index (κ3) is 3.55. The Balaban J connectivity index is 1.75. The van der Waals surface area contributed by atoms with Gasteiger partial charge in [0, 0.05) is 26.7 Å². The molecule has 1 saturated heterocycles. The van der Waals surface area contributed by atoms with Crippen molar-refractivity contribution in [1.29, 1.82) is 0 Å². The standard InChI is InChI=1S/C22H36N2/c1-18(19-11-7-6-8-12-19)21(2,3)15-20-16-22(13-9-10-14-22)17-24(20)23(4)5/h6-8,11-12,18,20H,9-10,13-17H2,1-5H3/t18-,20?/m0/s1. The lowest BCUT2D eigenvalue weighted by molar-refractivity contribution is -0.0112. The van der Waals surface area contributed by atoms with Crippen LogP contribution in [0.2, 0.25) is 0 Å². The van der Waals surface area contributed by atoms with Crippen molar-refractivity contribution in [2.75, 3.05) is 20.6 Å². The molecule has 2 atom stereocenters. The van der Waals surface area contributed by atoms with E-state index in [0.29, 0.717) is 22.8 Å². The zero-order valence-electron chi connectivity index (χ0n) is 16.4. The van der Waals surface area contributed by atoms with Crippen LogP contribution in [0.1, 0.15) is 70.8 Å². The third-order valence-corrected chi connectivity index (χ3v) is 7.00. The lowest BCUT2D eigenvalue weighted by Gasteiger charge is -2.39. The number of hydrazine groups is 1. The molecule has 0 N–H and O–H groups in total. The molecule has 0 aromatic heterocycles. The molecule has 1 aliphatic carbocycles. The Morgan fingerprint density at radius 2 is 1.79 bits per heavy atom. The predicted molar refractivity (Wildman–Crippen MR) is 103 cm³/mol. The highest BCUT2D eigenvalue weighted by Crippen LogP contribution is 2.51. The second-order valence-corrected chi connectivity index (χ2v) is 9.33. The zero-order valence-corrected chi connectivity index (χ0v) is 16.4. The van der Waals surface area contributed by atoms with Crippen molar-refractivity contribution >= 4 is 0 Å². The summed E-state index contributed by atoms with van der Waals surface area (Å²) in [5.41, 5.74) is 2.40. The van der Waals surface area contributed by atoms with Gasteiger partial charge in [0.15, 0.2) is 0 Å². The van der Waals surface area contributed by atoms with E-state index in [9.17, 15) is 0 Å². The topological polar surface area (TPSA) is 6.48 Å². The van der Waals surface area contributed by atoms with Gasteiger partial charge in [0.25, 0.3) is 0 Å². The summed E-state index contributed by atoms with van der Waals surface area (Å²) >= 11 is 0. The highest BCUT2D eigenvalue weighted by Gasteiger charge is 2.47. The molecule has 1 unspecified atom stereocenters. The minimum Gasteiger partial charge on any atom is -0.248 e. The number of rotatable bonds is 5. The van der Waals surface area contributed by atoms with Crippen molar-refractivity contribution in [3.05, 3.63) is 35.9 Å². The Morgan fingerprint density at radius 3 is 2.38 bits per heavy atom. The largest absolute Gasteiger partial charge is 0.248 e. The molecule has 1 saturated carbocycles. The first-order valence-electron chi connectivity index (χ1n) is 9.82. The number of hydrogen-bond donors (Lipinski definition) is 0. The fourth-order valence-corrected chi connectivity index (χ4v) is 5.25. The van der Waals surface area contributed by atoms with Gasteiger partial charge in [-0.3, -0.25) is 0 Å². The number of hydrogen-bond acceptors (Lipinski definition) is 2. The normalized spacial score (nSPS) is 25.7. The summed E-state index contributed by atoms with van der Waals surface area (Å²) in [4.78, 5) is 0. The van der Waals surface area contributed by atoms with Gasteiger partial charge in [-0.15, -0.1) is 0 Å². The quantitative estimate of drug-likeness (QED) is 0.722. The summed E-state index contributed by atoms with van der Waals surface area (Å²) in [5.74, 6) is 0.586. The molecule has 1 aromatic rings. The molecular weight excluding hydrogens is 292 g/mol. The fraction of sp³-hybridized carbons (Fsp3) is 0.727. The molecule has 134 valence electrons. The Labute approximate surface area is 149 Å². The maximum Gasteiger partial charge on any atom is 0.0257 e. The average Bonchev–Trinajstić information content (AvgIpc) is 3.14. The first-order chi connectivity index (χ1) is 11.3. The van der Waals surface area contributed by atoms with Crippen molar-refractivity contribution < 1.29 is 0 Å². The van der Waals surface area contributed by atoms with Gasteiger partial charge in [-0.1, -0.05) is 63.9 Å². The van der Waals surface area contributed by atoms with E-state index >= 15 is 0 Å². The van der Waals surface area contributed by atoms with Gasteiger partial charge < -0.3 is 0 Å². The SMILES string of the molecule is C[C@@H](c1ccccc1)C(C)(C)CC1CC2(CCCC2)CN1N(C)C. The van der Waals surface area contributed by atoms with Crippen LogP contribution < -0.4 is 0 Å². The van der Waals surface area contributed by atoms with Gasteiger partial charge in [0.2, 0.25) is 0 Å². The Bertz CT molecular complexity index is 528. The zero-order chi connectivity index (χ0) is 17.4. The molecule has 0 amide bonds. The molecule has 1 heterocycles. The molecule has 1 spiro atoms. The van der Waals surface area contributed by atoms with E-state index in [1.807, 2.05) is 0 Å². The van der Waals surface area contributed by atoms with Gasteiger partial charge in [-0.25, -0.2) is 10.0 Å². The molecule has 2 nitrogen and oxygen atoms in total. The summed E-state index contributed by atoms with van der Waals surface area (Å²) in [6, 6.07) is 11.8. The van der Waals surface area contributed by atoms with E-state index in [4.69, 9.17) is 0 Å². The summed E-state index contributed by atoms with van der Waals surface area (Å²) in [5, 5.41) is 5.03. The molecule has 24 heavy (non-hydrogen) atoms. The first kappa shape index (κ1) is 17.9. The Morgan fingerprint density at radius 1 is 1.17 bits per heavy atom. The molecule has 1 aliphatic heterocycles. The summed E-state index contributed by atoms with van der Waals surface area (Å²) in [6.45, 7) is 8.63. The van der Waals surface area contributed by atoms with E-state index in [1.54, 1.807) is 0 Å². The van der Waals surface area contributed by atoms with Crippen LogP contribution in [0.3, 0.4) is 0 Å². The maximum atomic E-state index is 2.67. The maximum absolute atomic E-state index is 2.67. The van der Waals surface area contributed by atoms with Crippen molar-refractivity contribution in [3.63, 3.8) is 0 Å². The number of nitrogens with zero attached hydrogens (tertiary/aromatic N) is 2. The molecule has 2 fully saturated rings. The van der Waals surface area contributed by atoms with Gasteiger partial charge in [-0.2, -0.15) is 0 Å². The minimum atomic E-state index is 0.310. The van der Waals surface area contributed by atoms with Crippen LogP contribution in [0, 0.1) is 10.8 Å². The van der Waals surface area contributed by atoms with Gasteiger partial charge in [0.1, 0.15) is 0 Å². The molecule has 3 rings (SSSR count). The van der Waals surface area contributed by atoms with E-state index < -0.39 is 0 Å². The smallest absolute Gasteiger partial charge is 0.0257 e. The lowest BCUT2D eigenvalue weighted by atomic mass is 9.71. The average molecular weight is 329 g/mol. The molecule has 2 aliphatic rings. The van der Waals surface area contributed by atoms with Crippen LogP contribution in [-0.2, 0) is 0 Å². The molecule has 0 bridgehead atoms. The van der Waals surface area contributed by atoms with E-state index in [1.165, 1.54) is 50.6 Å². The molecular formula is C22H36N2. The monoisotopic (exact) mass is 328 g/mol. The molecule has 2 heteroatoms. The summed E-state index contributed by atoms with van der Waals surface area (Å²) < 4.78 is 0. The molecule has 0 radical (unpaired) electrons. The Hall–Kier alpha value is -0.860. The summed E-state index contributed by atoms with van der Waals surface area (Å²) in [6.07, 6.45) is 8.46. The van der Waals surface area contributed by atoms with Crippen molar-refractivity contribution in [1.82, 2.24) is 10.0 Å². The van der Waals surface area contributed by atoms with Gasteiger partial charge >= 0.3 is 0 Å². The second kappa shape index (κ2) is 6.80. The van der Waals surface area contributed by atoms with Crippen molar-refractivity contribution in [2.24, 2.45) is 10.8 Å². The van der Waals surface area contributed by atoms with Crippen molar-refractivity contribution in [2.45, 2.75) is 71.3 Å². The van der Waals surface area contributed by atoms with Crippen LogP contribution in [0.5, 0.6) is 0 Å². The predicted octanol–water partition coefficient (Wildman–Crippen LogP) is 5.32. The third-order valence-electron chi connectivity index (χ3n) is 7.00. The van der Waals surface area contributed by atoms with Gasteiger partial charge in [-0.05, 0) is 48.0 Å². The van der Waals surface area contributed by atoms with E-state index in [2.05, 4.69) is 75.2 Å². The highest BCUT2D eigenvalue weighted by molar-refractivity contribution is 5.21. The highest BCUT2D eigenvalue weighted by atomic mass is 15.6. The molecule has 1 aromatic carbocycles. The fourth-order valence-electron chi connectivity index (χ4n) is 5.25. The van der Waals surface area contributed by atoms with Gasteiger partial charge in [0.05, 0.1) is 0 Å². The number of benzene rings is 1. The van der Waals surface area contributed by atoms with Crippen LogP contribution in [0.15, 0.2) is 30.3 Å². The first-order valence-corrected chi connectivity index (χ1v) is 9.82. The van der Waals surface area contributed by atoms with Crippen molar-refractivity contribution in [3.8, 4) is 0 Å². The van der Waals surface area contributed by atoms with Crippen LogP contribution >= 0.6 is 0 Å². The lowest BCUT2D eigenvalue weighted by Crippen LogP contribution is -2.43. The Kier molecular flexibility index (Phi) is 5.09. The second-order valence-electron chi connectivity index (χ2n) is 9.33. The van der Waals surface area contributed by atoms with Crippen LogP contribution in [-0.4, -0.2) is 36.7 Å².